The van der Waals surface area contributed by atoms with E-state index in [-0.39, 0.29) is 10.4 Å². The molecule has 0 bridgehead atoms. The molecule has 1 aromatic rings. The fourth-order valence-electron chi connectivity index (χ4n) is 1.97. The predicted octanol–water partition coefficient (Wildman–Crippen LogP) is 1.43. The molecule has 96 valence electrons. The Hall–Kier alpha value is -0.880. The first kappa shape index (κ1) is 12.6. The zero-order valence-electron chi connectivity index (χ0n) is 10.4. The van der Waals surface area contributed by atoms with Crippen LogP contribution in [0.25, 0.3) is 0 Å². The number of nitrogens with zero attached hydrogens (tertiary/aromatic N) is 1. The summed E-state index contributed by atoms with van der Waals surface area (Å²) in [5.74, 6) is 1.11. The molecule has 0 aromatic carbocycles. The van der Waals surface area contributed by atoms with Gasteiger partial charge in [-0.1, -0.05) is 13.8 Å². The summed E-state index contributed by atoms with van der Waals surface area (Å²) in [6.45, 7) is 6.53. The number of aromatic nitrogens is 2. The van der Waals surface area contributed by atoms with Crippen LogP contribution in [0.15, 0.2) is 11.2 Å². The van der Waals surface area contributed by atoms with Crippen LogP contribution in [0.1, 0.15) is 32.5 Å². The van der Waals surface area contributed by atoms with Crippen LogP contribution in [0.4, 0.5) is 0 Å². The molecule has 2 rings (SSSR count). The molecular formula is C11H19N3O2S. The summed E-state index contributed by atoms with van der Waals surface area (Å²) in [7, 11) is -3.43. The van der Waals surface area contributed by atoms with Gasteiger partial charge in [0.05, 0.1) is 6.20 Å². The highest BCUT2D eigenvalue weighted by Gasteiger charge is 2.45. The van der Waals surface area contributed by atoms with E-state index >= 15 is 0 Å². The zero-order valence-corrected chi connectivity index (χ0v) is 11.3. The highest BCUT2D eigenvalue weighted by molar-refractivity contribution is 7.89. The summed E-state index contributed by atoms with van der Waals surface area (Å²) in [6, 6.07) is 0. The van der Waals surface area contributed by atoms with Crippen LogP contribution in [0.2, 0.25) is 0 Å². The van der Waals surface area contributed by atoms with Gasteiger partial charge >= 0.3 is 0 Å². The number of rotatable bonds is 5. The molecule has 0 radical (unpaired) electrons. The number of hydrogen-bond acceptors (Lipinski definition) is 3. The van der Waals surface area contributed by atoms with Crippen LogP contribution in [0.5, 0.6) is 0 Å². The second-order valence-corrected chi connectivity index (χ2v) is 6.91. The lowest BCUT2D eigenvalue weighted by Gasteiger charge is -2.19. The van der Waals surface area contributed by atoms with Gasteiger partial charge in [0, 0.05) is 6.54 Å². The highest BCUT2D eigenvalue weighted by Crippen LogP contribution is 2.51. The van der Waals surface area contributed by atoms with Crippen molar-refractivity contribution in [1.82, 2.24) is 14.7 Å². The lowest BCUT2D eigenvalue weighted by molar-refractivity contribution is 0.357. The van der Waals surface area contributed by atoms with Crippen molar-refractivity contribution < 1.29 is 8.42 Å². The van der Waals surface area contributed by atoms with Gasteiger partial charge in [-0.05, 0) is 31.1 Å². The van der Waals surface area contributed by atoms with Crippen molar-refractivity contribution in [2.24, 2.45) is 11.3 Å². The molecule has 5 nitrogen and oxygen atoms in total. The smallest absolute Gasteiger partial charge is 0.257 e. The molecule has 0 atom stereocenters. The van der Waals surface area contributed by atoms with Crippen LogP contribution in [0, 0.1) is 18.3 Å². The van der Waals surface area contributed by atoms with Crippen molar-refractivity contribution in [2.75, 3.05) is 6.54 Å². The van der Waals surface area contributed by atoms with Gasteiger partial charge in [0.2, 0.25) is 0 Å². The SMILES string of the molecule is Cc1ncc(S(=O)(=O)NCC2(C(C)C)CC2)[nH]1. The summed E-state index contributed by atoms with van der Waals surface area (Å²) < 4.78 is 26.6. The number of nitrogens with one attached hydrogen (secondary N) is 2. The van der Waals surface area contributed by atoms with Gasteiger partial charge in [-0.25, -0.2) is 18.1 Å². The Morgan fingerprint density at radius 2 is 2.18 bits per heavy atom. The van der Waals surface area contributed by atoms with Gasteiger partial charge in [-0.3, -0.25) is 0 Å². The van der Waals surface area contributed by atoms with Crippen LogP contribution in [-0.2, 0) is 10.0 Å². The molecule has 0 spiro atoms. The molecule has 1 heterocycles. The van der Waals surface area contributed by atoms with E-state index < -0.39 is 10.0 Å². The van der Waals surface area contributed by atoms with E-state index in [1.807, 2.05) is 0 Å². The Bertz CT molecular complexity index is 501. The lowest BCUT2D eigenvalue weighted by atomic mass is 9.93. The van der Waals surface area contributed by atoms with Gasteiger partial charge < -0.3 is 4.98 Å². The van der Waals surface area contributed by atoms with E-state index in [0.717, 1.165) is 12.8 Å². The largest absolute Gasteiger partial charge is 0.332 e. The maximum atomic E-state index is 12.0. The predicted molar refractivity (Wildman–Crippen MR) is 65.0 cm³/mol. The second-order valence-electron chi connectivity index (χ2n) is 5.17. The zero-order chi connectivity index (χ0) is 12.7. The average Bonchev–Trinajstić information content (AvgIpc) is 2.92. The van der Waals surface area contributed by atoms with Gasteiger partial charge in [0.15, 0.2) is 5.03 Å². The maximum Gasteiger partial charge on any atom is 0.257 e. The number of sulfonamides is 1. The number of aryl methyl sites for hydroxylation is 1. The molecule has 0 saturated heterocycles. The van der Waals surface area contributed by atoms with Crippen LogP contribution in [0.3, 0.4) is 0 Å². The van der Waals surface area contributed by atoms with Gasteiger partial charge in [-0.2, -0.15) is 0 Å². The van der Waals surface area contributed by atoms with Crippen molar-refractivity contribution in [3.8, 4) is 0 Å². The molecule has 0 aliphatic heterocycles. The monoisotopic (exact) mass is 257 g/mol. The Balaban J connectivity index is 2.04. The van der Waals surface area contributed by atoms with E-state index in [4.69, 9.17) is 0 Å². The maximum absolute atomic E-state index is 12.0. The number of imidazole rings is 1. The Morgan fingerprint density at radius 3 is 2.59 bits per heavy atom. The van der Waals surface area contributed by atoms with E-state index in [2.05, 4.69) is 28.5 Å². The third-order valence-corrected chi connectivity index (χ3v) is 5.01. The fraction of sp³-hybridized carbons (Fsp3) is 0.727. The van der Waals surface area contributed by atoms with Crippen molar-refractivity contribution in [3.63, 3.8) is 0 Å². The summed E-state index contributed by atoms with van der Waals surface area (Å²) in [5, 5.41) is 0.148. The number of H-pyrrole nitrogens is 1. The van der Waals surface area contributed by atoms with Crippen LogP contribution in [-0.4, -0.2) is 24.9 Å². The summed E-state index contributed by atoms with van der Waals surface area (Å²) in [4.78, 5) is 6.64. The third-order valence-electron chi connectivity index (χ3n) is 3.70. The molecule has 1 aromatic heterocycles. The summed E-state index contributed by atoms with van der Waals surface area (Å²) in [5.41, 5.74) is 0.169. The minimum absolute atomic E-state index is 0.148. The Labute approximate surface area is 102 Å². The molecule has 1 saturated carbocycles. The average molecular weight is 257 g/mol. The summed E-state index contributed by atoms with van der Waals surface area (Å²) >= 11 is 0. The first-order valence-corrected chi connectivity index (χ1v) is 7.35. The van der Waals surface area contributed by atoms with Gasteiger partial charge in [0.1, 0.15) is 5.82 Å². The first-order valence-electron chi connectivity index (χ1n) is 5.87. The van der Waals surface area contributed by atoms with Crippen molar-refractivity contribution in [2.45, 2.75) is 38.6 Å². The normalized spacial score (nSPS) is 18.6. The van der Waals surface area contributed by atoms with Crippen molar-refractivity contribution in [1.29, 1.82) is 0 Å². The standard InChI is InChI=1S/C11H19N3O2S/c1-8(2)11(4-5-11)7-13-17(15,16)10-6-12-9(3)14-10/h6,8,13H,4-5,7H2,1-3H3,(H,12,14). The van der Waals surface area contributed by atoms with Crippen LogP contribution < -0.4 is 4.72 Å². The molecule has 17 heavy (non-hydrogen) atoms. The second kappa shape index (κ2) is 4.10. The first-order chi connectivity index (χ1) is 7.86. The third kappa shape index (κ3) is 2.52. The Kier molecular flexibility index (Phi) is 3.03. The molecule has 1 fully saturated rings. The Morgan fingerprint density at radius 1 is 1.53 bits per heavy atom. The van der Waals surface area contributed by atoms with E-state index in [1.54, 1.807) is 6.92 Å². The summed E-state index contributed by atoms with van der Waals surface area (Å²) in [6.07, 6.45) is 3.57. The molecular weight excluding hydrogens is 238 g/mol. The van der Waals surface area contributed by atoms with E-state index in [9.17, 15) is 8.42 Å². The molecule has 2 N–H and O–H groups in total. The number of hydrogen-bond donors (Lipinski definition) is 2. The topological polar surface area (TPSA) is 74.8 Å². The highest BCUT2D eigenvalue weighted by atomic mass is 32.2. The molecule has 0 amide bonds. The van der Waals surface area contributed by atoms with Crippen molar-refractivity contribution >= 4 is 10.0 Å². The minimum Gasteiger partial charge on any atom is -0.332 e. The van der Waals surface area contributed by atoms with Gasteiger partial charge in [-0.15, -0.1) is 0 Å². The molecule has 1 aliphatic carbocycles. The van der Waals surface area contributed by atoms with E-state index in [0.29, 0.717) is 18.3 Å². The van der Waals surface area contributed by atoms with Gasteiger partial charge in [0.25, 0.3) is 10.0 Å². The molecule has 1 aliphatic rings. The minimum atomic E-state index is -3.43. The quantitative estimate of drug-likeness (QED) is 0.838. The van der Waals surface area contributed by atoms with Crippen LogP contribution >= 0.6 is 0 Å². The molecule has 0 unspecified atom stereocenters. The fourth-order valence-corrected chi connectivity index (χ4v) is 3.08. The van der Waals surface area contributed by atoms with E-state index in [1.165, 1.54) is 6.20 Å². The lowest BCUT2D eigenvalue weighted by Crippen LogP contribution is -2.32. The molecule has 6 heteroatoms. The van der Waals surface area contributed by atoms with Crippen molar-refractivity contribution in [3.05, 3.63) is 12.0 Å². The number of aromatic amines is 1.